The first-order valence-corrected chi connectivity index (χ1v) is 4.11. The van der Waals surface area contributed by atoms with Crippen molar-refractivity contribution in [3.8, 4) is 0 Å². The third kappa shape index (κ3) is 1.76. The number of hydrogen-bond acceptors (Lipinski definition) is 4. The van der Waals surface area contributed by atoms with E-state index in [1.165, 1.54) is 6.20 Å². The lowest BCUT2D eigenvalue weighted by Crippen LogP contribution is -2.35. The molecule has 0 spiro atoms. The van der Waals surface area contributed by atoms with Gasteiger partial charge in [-0.25, -0.2) is 0 Å². The standard InChI is InChI=1S/C8H10N2O3/c11-8(6-1-2-9-10-6)7-5-12-3-4-13-7/h1-2,7H,3-5H2,(H,9,10). The Bertz CT molecular complexity index is 278. The van der Waals surface area contributed by atoms with E-state index >= 15 is 0 Å². The maximum atomic E-state index is 11.6. The van der Waals surface area contributed by atoms with E-state index in [0.717, 1.165) is 0 Å². The van der Waals surface area contributed by atoms with Gasteiger partial charge in [-0.15, -0.1) is 0 Å². The number of hydrogen-bond donors (Lipinski definition) is 1. The molecule has 1 aliphatic heterocycles. The van der Waals surface area contributed by atoms with Crippen molar-refractivity contribution in [3.05, 3.63) is 18.0 Å². The fourth-order valence-electron chi connectivity index (χ4n) is 1.21. The molecule has 1 unspecified atom stereocenters. The SMILES string of the molecule is O=C(c1ccn[nH]1)C1COCCO1. The molecule has 13 heavy (non-hydrogen) atoms. The molecule has 70 valence electrons. The van der Waals surface area contributed by atoms with Gasteiger partial charge in [0.25, 0.3) is 0 Å². The third-order valence-corrected chi connectivity index (χ3v) is 1.87. The molecule has 5 heteroatoms. The van der Waals surface area contributed by atoms with Crippen LogP contribution in [0.5, 0.6) is 0 Å². The van der Waals surface area contributed by atoms with Gasteiger partial charge in [0.05, 0.1) is 19.8 Å². The second kappa shape index (κ2) is 3.68. The number of rotatable bonds is 2. The Morgan fingerprint density at radius 1 is 1.62 bits per heavy atom. The summed E-state index contributed by atoms with van der Waals surface area (Å²) in [6, 6.07) is 1.63. The van der Waals surface area contributed by atoms with Crippen molar-refractivity contribution in [3.63, 3.8) is 0 Å². The third-order valence-electron chi connectivity index (χ3n) is 1.87. The molecule has 0 aliphatic carbocycles. The summed E-state index contributed by atoms with van der Waals surface area (Å²) in [5.74, 6) is -0.0998. The van der Waals surface area contributed by atoms with Crippen LogP contribution in [0.25, 0.3) is 0 Å². The van der Waals surface area contributed by atoms with Crippen LogP contribution in [0.1, 0.15) is 10.5 Å². The molecule has 1 aliphatic rings. The second-order valence-corrected chi connectivity index (χ2v) is 2.77. The molecule has 5 nitrogen and oxygen atoms in total. The van der Waals surface area contributed by atoms with Gasteiger partial charge in [0.1, 0.15) is 11.8 Å². The highest BCUT2D eigenvalue weighted by Gasteiger charge is 2.24. The molecule has 0 aromatic carbocycles. The van der Waals surface area contributed by atoms with Crippen molar-refractivity contribution in [1.82, 2.24) is 10.2 Å². The smallest absolute Gasteiger partial charge is 0.211 e. The van der Waals surface area contributed by atoms with E-state index in [2.05, 4.69) is 10.2 Å². The summed E-state index contributed by atoms with van der Waals surface area (Å²) in [6.45, 7) is 1.37. The maximum Gasteiger partial charge on any atom is 0.211 e. The molecule has 2 rings (SSSR count). The topological polar surface area (TPSA) is 64.2 Å². The van der Waals surface area contributed by atoms with Crippen molar-refractivity contribution in [2.75, 3.05) is 19.8 Å². The molecule has 1 saturated heterocycles. The van der Waals surface area contributed by atoms with Crippen molar-refractivity contribution < 1.29 is 14.3 Å². The van der Waals surface area contributed by atoms with Gasteiger partial charge in [-0.3, -0.25) is 9.89 Å². The number of carbonyl (C=O) groups excluding carboxylic acids is 1. The maximum absolute atomic E-state index is 11.6. The Labute approximate surface area is 75.0 Å². The van der Waals surface area contributed by atoms with Gasteiger partial charge in [-0.05, 0) is 6.07 Å². The monoisotopic (exact) mass is 182 g/mol. The second-order valence-electron chi connectivity index (χ2n) is 2.77. The van der Waals surface area contributed by atoms with Crippen LogP contribution >= 0.6 is 0 Å². The fraction of sp³-hybridized carbons (Fsp3) is 0.500. The highest BCUT2D eigenvalue weighted by molar-refractivity contribution is 5.97. The van der Waals surface area contributed by atoms with Crippen LogP contribution in [-0.2, 0) is 9.47 Å². The largest absolute Gasteiger partial charge is 0.376 e. The van der Waals surface area contributed by atoms with Gasteiger partial charge in [0.2, 0.25) is 5.78 Å². The van der Waals surface area contributed by atoms with Crippen molar-refractivity contribution in [2.45, 2.75) is 6.10 Å². The molecule has 1 fully saturated rings. The van der Waals surface area contributed by atoms with E-state index in [-0.39, 0.29) is 5.78 Å². The van der Waals surface area contributed by atoms with Gasteiger partial charge in [-0.1, -0.05) is 0 Å². The van der Waals surface area contributed by atoms with Crippen LogP contribution in [0.2, 0.25) is 0 Å². The molecule has 2 heterocycles. The molecule has 0 bridgehead atoms. The van der Waals surface area contributed by atoms with Crippen LogP contribution in [0.3, 0.4) is 0 Å². The molecular weight excluding hydrogens is 172 g/mol. The zero-order chi connectivity index (χ0) is 9.10. The summed E-state index contributed by atoms with van der Waals surface area (Å²) in [5, 5.41) is 6.29. The minimum Gasteiger partial charge on any atom is -0.376 e. The number of Topliss-reactive ketones (excluding diaryl/α,β-unsaturated/α-hetero) is 1. The van der Waals surface area contributed by atoms with Crippen LogP contribution in [0.4, 0.5) is 0 Å². The number of ketones is 1. The quantitative estimate of drug-likeness (QED) is 0.654. The van der Waals surface area contributed by atoms with Crippen molar-refractivity contribution in [2.24, 2.45) is 0 Å². The number of aromatic amines is 1. The zero-order valence-corrected chi connectivity index (χ0v) is 7.03. The highest BCUT2D eigenvalue weighted by atomic mass is 16.6. The van der Waals surface area contributed by atoms with Crippen molar-refractivity contribution in [1.29, 1.82) is 0 Å². The number of carbonyl (C=O) groups is 1. The van der Waals surface area contributed by atoms with Crippen LogP contribution in [0, 0.1) is 0 Å². The molecule has 0 amide bonds. The Hall–Kier alpha value is -1.20. The summed E-state index contributed by atoms with van der Waals surface area (Å²) < 4.78 is 10.4. The first-order valence-electron chi connectivity index (χ1n) is 4.11. The molecule has 1 aromatic heterocycles. The van der Waals surface area contributed by atoms with E-state index < -0.39 is 6.10 Å². The van der Waals surface area contributed by atoms with Gasteiger partial charge >= 0.3 is 0 Å². The van der Waals surface area contributed by atoms with Gasteiger partial charge < -0.3 is 9.47 Å². The van der Waals surface area contributed by atoms with E-state index in [1.807, 2.05) is 0 Å². The Morgan fingerprint density at radius 3 is 3.15 bits per heavy atom. The van der Waals surface area contributed by atoms with Gasteiger partial charge in [0, 0.05) is 6.20 Å². The van der Waals surface area contributed by atoms with Gasteiger partial charge in [0.15, 0.2) is 0 Å². The Kier molecular flexibility index (Phi) is 2.37. The van der Waals surface area contributed by atoms with E-state index in [0.29, 0.717) is 25.5 Å². The van der Waals surface area contributed by atoms with Crippen LogP contribution in [-0.4, -0.2) is 41.9 Å². The lowest BCUT2D eigenvalue weighted by molar-refractivity contribution is -0.0720. The van der Waals surface area contributed by atoms with Crippen LogP contribution < -0.4 is 0 Å². The first-order chi connectivity index (χ1) is 6.38. The number of nitrogens with one attached hydrogen (secondary N) is 1. The van der Waals surface area contributed by atoms with E-state index in [9.17, 15) is 4.79 Å². The van der Waals surface area contributed by atoms with E-state index in [4.69, 9.17) is 9.47 Å². The lowest BCUT2D eigenvalue weighted by Gasteiger charge is -2.20. The lowest BCUT2D eigenvalue weighted by atomic mass is 10.2. The average molecular weight is 182 g/mol. The molecule has 0 radical (unpaired) electrons. The van der Waals surface area contributed by atoms with Crippen LogP contribution in [0.15, 0.2) is 12.3 Å². The normalized spacial score (nSPS) is 22.9. The average Bonchev–Trinajstić information content (AvgIpc) is 2.71. The summed E-state index contributed by atoms with van der Waals surface area (Å²) in [6.07, 6.45) is 1.06. The summed E-state index contributed by atoms with van der Waals surface area (Å²) in [7, 11) is 0. The summed E-state index contributed by atoms with van der Waals surface area (Å²) in [5.41, 5.74) is 0.468. The molecule has 0 saturated carbocycles. The zero-order valence-electron chi connectivity index (χ0n) is 7.03. The van der Waals surface area contributed by atoms with E-state index in [1.54, 1.807) is 6.07 Å². The molecule has 1 N–H and O–H groups in total. The molecule has 1 aromatic rings. The predicted octanol–water partition coefficient (Wildman–Crippen LogP) is 0.00780. The predicted molar refractivity (Wildman–Crippen MR) is 43.5 cm³/mol. The van der Waals surface area contributed by atoms with Gasteiger partial charge in [-0.2, -0.15) is 5.10 Å². The van der Waals surface area contributed by atoms with Crippen molar-refractivity contribution >= 4 is 5.78 Å². The Balaban J connectivity index is 2.04. The summed E-state index contributed by atoms with van der Waals surface area (Å²) in [4.78, 5) is 11.6. The Morgan fingerprint density at radius 2 is 2.54 bits per heavy atom. The first kappa shape index (κ1) is 8.40. The number of H-pyrrole nitrogens is 1. The minimum atomic E-state index is -0.478. The highest BCUT2D eigenvalue weighted by Crippen LogP contribution is 2.07. The number of aromatic nitrogens is 2. The fourth-order valence-corrected chi connectivity index (χ4v) is 1.21. The number of ether oxygens (including phenoxy) is 2. The molecule has 1 atom stereocenters. The summed E-state index contributed by atoms with van der Waals surface area (Å²) >= 11 is 0. The minimum absolute atomic E-state index is 0.0998. The molecular formula is C8H10N2O3. The number of nitrogens with zero attached hydrogens (tertiary/aromatic N) is 1.